The fraction of sp³-hybridized carbons (Fsp3) is 0.300. The molecular weight excluding hydrogens is 485 g/mol. The number of hydrogen-bond donors (Lipinski definition) is 1. The van der Waals surface area contributed by atoms with E-state index in [2.05, 4.69) is 37.8 Å². The van der Waals surface area contributed by atoms with Gasteiger partial charge in [0.25, 0.3) is 0 Å². The zero-order valence-corrected chi connectivity index (χ0v) is 17.9. The molecule has 2 aromatic heterocycles. The van der Waals surface area contributed by atoms with Crippen LogP contribution in [0, 0.1) is 3.57 Å². The van der Waals surface area contributed by atoms with Gasteiger partial charge >= 0.3 is 5.97 Å². The second-order valence-corrected chi connectivity index (χ2v) is 8.09. The van der Waals surface area contributed by atoms with E-state index in [1.165, 1.54) is 7.11 Å². The van der Waals surface area contributed by atoms with Crippen LogP contribution in [-0.4, -0.2) is 38.9 Å². The molecule has 150 valence electrons. The van der Waals surface area contributed by atoms with Gasteiger partial charge in [0.1, 0.15) is 35.3 Å². The molecule has 0 spiro atoms. The summed E-state index contributed by atoms with van der Waals surface area (Å²) in [5.41, 5.74) is 6.94. The van der Waals surface area contributed by atoms with E-state index in [0.29, 0.717) is 28.6 Å². The number of nitrogen functional groups attached to an aromatic ring is 1. The molecule has 1 aromatic carbocycles. The van der Waals surface area contributed by atoms with Crippen molar-refractivity contribution in [1.29, 1.82) is 0 Å². The van der Waals surface area contributed by atoms with Crippen LogP contribution in [0.3, 0.4) is 0 Å². The van der Waals surface area contributed by atoms with E-state index in [1.807, 2.05) is 28.8 Å². The zero-order valence-electron chi connectivity index (χ0n) is 15.8. The number of nitrogens with two attached hydrogens (primary N) is 1. The van der Waals surface area contributed by atoms with Gasteiger partial charge in [-0.25, -0.2) is 9.78 Å². The molecule has 29 heavy (non-hydrogen) atoms. The van der Waals surface area contributed by atoms with Crippen molar-refractivity contribution in [3.05, 3.63) is 51.9 Å². The number of halogens is 1. The third kappa shape index (κ3) is 4.19. The topological polar surface area (TPSA) is 105 Å². The number of carbonyl (C=O) groups excluding carboxylic acids is 1. The molecule has 2 N–H and O–H groups in total. The number of anilines is 1. The first-order chi connectivity index (χ1) is 14.0. The molecule has 1 saturated carbocycles. The van der Waals surface area contributed by atoms with Gasteiger partial charge in [0.05, 0.1) is 7.11 Å². The molecule has 0 bridgehead atoms. The van der Waals surface area contributed by atoms with Crippen LogP contribution < -0.4 is 10.5 Å². The fourth-order valence-electron chi connectivity index (χ4n) is 3.60. The zero-order chi connectivity index (χ0) is 20.4. The Labute approximate surface area is 181 Å². The smallest absolute Gasteiger partial charge is 0.341 e. The SMILES string of the molecule is COC(=O)c1cc(I)ccc1O[C@@H]1CC[C@H](n2cnnc2-c2cccc(N)n2)C1. The highest BCUT2D eigenvalue weighted by Gasteiger charge is 2.30. The number of aromatic nitrogens is 4. The maximum absolute atomic E-state index is 12.1. The molecule has 8 nitrogen and oxygen atoms in total. The molecule has 1 aliphatic rings. The standard InChI is InChI=1S/C20H20IN5O3/c1-28-20(27)15-9-12(21)5-8-17(15)29-14-7-6-13(10-14)26-11-23-25-19(26)16-3-2-4-18(22)24-16/h2-5,8-9,11,13-14H,6-7,10H2,1H3,(H2,22,24)/t13-,14+/m0/s1. The van der Waals surface area contributed by atoms with Crippen molar-refractivity contribution in [2.75, 3.05) is 12.8 Å². The average Bonchev–Trinajstić information content (AvgIpc) is 3.38. The van der Waals surface area contributed by atoms with E-state index in [1.54, 1.807) is 18.5 Å². The van der Waals surface area contributed by atoms with Crippen molar-refractivity contribution < 1.29 is 14.3 Å². The fourth-order valence-corrected chi connectivity index (χ4v) is 4.09. The highest BCUT2D eigenvalue weighted by molar-refractivity contribution is 14.1. The van der Waals surface area contributed by atoms with Gasteiger partial charge in [0.15, 0.2) is 5.82 Å². The van der Waals surface area contributed by atoms with Gasteiger partial charge in [0, 0.05) is 16.0 Å². The highest BCUT2D eigenvalue weighted by Crippen LogP contribution is 2.36. The normalized spacial score (nSPS) is 18.6. The molecule has 0 radical (unpaired) electrons. The third-order valence-electron chi connectivity index (χ3n) is 4.96. The first-order valence-corrected chi connectivity index (χ1v) is 10.3. The summed E-state index contributed by atoms with van der Waals surface area (Å²) in [5.74, 6) is 1.28. The van der Waals surface area contributed by atoms with Gasteiger partial charge in [-0.15, -0.1) is 10.2 Å². The Morgan fingerprint density at radius 3 is 2.93 bits per heavy atom. The number of methoxy groups -OCH3 is 1. The quantitative estimate of drug-likeness (QED) is 0.418. The number of benzene rings is 1. The second kappa shape index (κ2) is 8.36. The minimum Gasteiger partial charge on any atom is -0.489 e. The van der Waals surface area contributed by atoms with Crippen molar-refractivity contribution >= 4 is 34.4 Å². The van der Waals surface area contributed by atoms with Gasteiger partial charge in [-0.2, -0.15) is 0 Å². The Balaban J connectivity index is 1.52. The molecule has 0 unspecified atom stereocenters. The van der Waals surface area contributed by atoms with E-state index in [4.69, 9.17) is 15.2 Å². The highest BCUT2D eigenvalue weighted by atomic mass is 127. The summed E-state index contributed by atoms with van der Waals surface area (Å²) in [6.07, 6.45) is 4.25. The number of esters is 1. The number of rotatable bonds is 5. The van der Waals surface area contributed by atoms with Crippen LogP contribution >= 0.6 is 22.6 Å². The maximum atomic E-state index is 12.1. The summed E-state index contributed by atoms with van der Waals surface area (Å²) in [7, 11) is 1.37. The Morgan fingerprint density at radius 2 is 2.14 bits per heavy atom. The van der Waals surface area contributed by atoms with Crippen molar-refractivity contribution in [2.45, 2.75) is 31.4 Å². The number of nitrogens with zero attached hydrogens (tertiary/aromatic N) is 4. The van der Waals surface area contributed by atoms with Crippen LogP contribution in [0.25, 0.3) is 11.5 Å². The molecule has 2 atom stereocenters. The minimum atomic E-state index is -0.401. The van der Waals surface area contributed by atoms with Crippen molar-refractivity contribution in [2.24, 2.45) is 0 Å². The summed E-state index contributed by atoms with van der Waals surface area (Å²) in [5, 5.41) is 8.30. The van der Waals surface area contributed by atoms with E-state index in [-0.39, 0.29) is 12.1 Å². The summed E-state index contributed by atoms with van der Waals surface area (Å²) >= 11 is 2.16. The van der Waals surface area contributed by atoms with Crippen LogP contribution in [0.15, 0.2) is 42.7 Å². The molecule has 2 heterocycles. The molecule has 0 saturated heterocycles. The predicted octanol–water partition coefficient (Wildman–Crippen LogP) is 3.49. The molecule has 3 aromatic rings. The van der Waals surface area contributed by atoms with Gasteiger partial charge in [-0.3, -0.25) is 0 Å². The lowest BCUT2D eigenvalue weighted by Gasteiger charge is -2.17. The van der Waals surface area contributed by atoms with Crippen LogP contribution in [0.5, 0.6) is 5.75 Å². The molecule has 1 fully saturated rings. The Kier molecular flexibility index (Phi) is 5.65. The van der Waals surface area contributed by atoms with Gasteiger partial charge in [-0.05, 0) is 65.8 Å². The number of carbonyl (C=O) groups is 1. The molecule has 1 aliphatic carbocycles. The first kappa shape index (κ1) is 19.6. The van der Waals surface area contributed by atoms with Gasteiger partial charge in [-0.1, -0.05) is 6.07 Å². The molecule has 9 heteroatoms. The largest absolute Gasteiger partial charge is 0.489 e. The lowest BCUT2D eigenvalue weighted by Crippen LogP contribution is -2.16. The van der Waals surface area contributed by atoms with Crippen molar-refractivity contribution in [3.63, 3.8) is 0 Å². The summed E-state index contributed by atoms with van der Waals surface area (Å²) in [6.45, 7) is 0. The number of pyridine rings is 1. The molecular formula is C20H20IN5O3. The Bertz CT molecular complexity index is 1040. The summed E-state index contributed by atoms with van der Waals surface area (Å²) in [4.78, 5) is 16.5. The van der Waals surface area contributed by atoms with Crippen LogP contribution in [0.2, 0.25) is 0 Å². The van der Waals surface area contributed by atoms with E-state index in [9.17, 15) is 4.79 Å². The van der Waals surface area contributed by atoms with Crippen LogP contribution in [0.4, 0.5) is 5.82 Å². The third-order valence-corrected chi connectivity index (χ3v) is 5.63. The van der Waals surface area contributed by atoms with E-state index < -0.39 is 5.97 Å². The van der Waals surface area contributed by atoms with Crippen LogP contribution in [0.1, 0.15) is 35.7 Å². The Hall–Kier alpha value is -2.69. The number of ether oxygens (including phenoxy) is 2. The molecule has 0 aliphatic heterocycles. The minimum absolute atomic E-state index is 0.0208. The average molecular weight is 505 g/mol. The van der Waals surface area contributed by atoms with E-state index in [0.717, 1.165) is 22.8 Å². The number of hydrogen-bond acceptors (Lipinski definition) is 7. The lowest BCUT2D eigenvalue weighted by atomic mass is 10.2. The van der Waals surface area contributed by atoms with Gasteiger partial charge < -0.3 is 19.8 Å². The summed E-state index contributed by atoms with van der Waals surface area (Å²) in [6, 6.07) is 11.1. The summed E-state index contributed by atoms with van der Waals surface area (Å²) < 4.78 is 14.0. The Morgan fingerprint density at radius 1 is 1.28 bits per heavy atom. The first-order valence-electron chi connectivity index (χ1n) is 9.22. The monoisotopic (exact) mass is 505 g/mol. The maximum Gasteiger partial charge on any atom is 0.341 e. The molecule has 0 amide bonds. The van der Waals surface area contributed by atoms with Gasteiger partial charge in [0.2, 0.25) is 0 Å². The second-order valence-electron chi connectivity index (χ2n) is 6.85. The predicted molar refractivity (Wildman–Crippen MR) is 115 cm³/mol. The van der Waals surface area contributed by atoms with Crippen molar-refractivity contribution in [1.82, 2.24) is 19.7 Å². The van der Waals surface area contributed by atoms with Crippen LogP contribution in [-0.2, 0) is 4.74 Å². The lowest BCUT2D eigenvalue weighted by molar-refractivity contribution is 0.0593. The molecule has 4 rings (SSSR count). The van der Waals surface area contributed by atoms with Crippen molar-refractivity contribution in [3.8, 4) is 17.3 Å². The van der Waals surface area contributed by atoms with E-state index >= 15 is 0 Å².